The van der Waals surface area contributed by atoms with Crippen molar-refractivity contribution in [3.63, 3.8) is 0 Å². The molecule has 32 heavy (non-hydrogen) atoms. The highest BCUT2D eigenvalue weighted by Crippen LogP contribution is 2.46. The van der Waals surface area contributed by atoms with E-state index in [-0.39, 0.29) is 5.56 Å². The molecule has 9 nitrogen and oxygen atoms in total. The number of para-hydroxylation sites is 1. The average molecular weight is 455 g/mol. The van der Waals surface area contributed by atoms with E-state index in [9.17, 15) is 4.79 Å². The number of morpholine rings is 1. The fourth-order valence-electron chi connectivity index (χ4n) is 4.52. The van der Waals surface area contributed by atoms with Crippen LogP contribution < -0.4 is 5.56 Å². The van der Waals surface area contributed by atoms with E-state index in [1.165, 1.54) is 0 Å². The number of hydrogen-bond acceptors (Lipinski definition) is 7. The molecule has 2 unspecified atom stereocenters. The van der Waals surface area contributed by atoms with Crippen molar-refractivity contribution in [2.45, 2.75) is 25.8 Å². The first kappa shape index (κ1) is 19.9. The van der Waals surface area contributed by atoms with Crippen LogP contribution in [0.15, 0.2) is 33.8 Å². The van der Waals surface area contributed by atoms with Gasteiger partial charge in [0.25, 0.3) is 5.56 Å². The summed E-state index contributed by atoms with van der Waals surface area (Å²) >= 11 is 6.57. The molecule has 4 aromatic rings. The van der Waals surface area contributed by atoms with Crippen LogP contribution in [-0.2, 0) is 11.3 Å². The molecule has 0 amide bonds. The fourth-order valence-corrected chi connectivity index (χ4v) is 4.79. The zero-order chi connectivity index (χ0) is 21.8. The highest BCUT2D eigenvalue weighted by molar-refractivity contribution is 6.35. The maximum Gasteiger partial charge on any atom is 0.277 e. The minimum atomic E-state index is -0.169. The predicted octanol–water partition coefficient (Wildman–Crippen LogP) is 2.81. The number of nitrogens with zero attached hydrogens (tertiary/aromatic N) is 6. The number of aromatic nitrogens is 5. The molecule has 10 heteroatoms. The molecule has 4 heterocycles. The van der Waals surface area contributed by atoms with Crippen LogP contribution in [-0.4, -0.2) is 61.8 Å². The Hall–Kier alpha value is -2.75. The lowest BCUT2D eigenvalue weighted by Crippen LogP contribution is -2.39. The molecule has 1 aliphatic heterocycles. The van der Waals surface area contributed by atoms with Gasteiger partial charge in [0.1, 0.15) is 17.5 Å². The summed E-state index contributed by atoms with van der Waals surface area (Å²) in [5.41, 5.74) is 2.20. The first-order valence-corrected chi connectivity index (χ1v) is 11.3. The van der Waals surface area contributed by atoms with Crippen LogP contribution in [0.1, 0.15) is 25.2 Å². The quantitative estimate of drug-likeness (QED) is 0.458. The normalized spacial score (nSPS) is 21.6. The molecule has 0 spiro atoms. The Morgan fingerprint density at radius 2 is 2.00 bits per heavy atom. The molecular formula is C22H23ClN6O3. The second kappa shape index (κ2) is 7.68. The van der Waals surface area contributed by atoms with E-state index in [2.05, 4.69) is 26.9 Å². The highest BCUT2D eigenvalue weighted by Gasteiger charge is 2.39. The van der Waals surface area contributed by atoms with Gasteiger partial charge in [-0.3, -0.25) is 14.1 Å². The Kier molecular flexibility index (Phi) is 4.78. The van der Waals surface area contributed by atoms with Crippen LogP contribution in [0.5, 0.6) is 0 Å². The predicted molar refractivity (Wildman–Crippen MR) is 119 cm³/mol. The van der Waals surface area contributed by atoms with E-state index < -0.39 is 0 Å². The molecular weight excluding hydrogens is 432 g/mol. The summed E-state index contributed by atoms with van der Waals surface area (Å²) in [4.78, 5) is 25.1. The van der Waals surface area contributed by atoms with Crippen molar-refractivity contribution in [1.29, 1.82) is 0 Å². The first-order valence-electron chi connectivity index (χ1n) is 10.9. The standard InChI is InChI=1S/C22H23ClN6O3/c1-13-11-14(13)21-25-20(26-32-21)17-19-22(30)28(6-5-27-7-9-31-10-8-27)18-15(23)3-2-4-16(18)29(19)12-24-17/h2-4,12-14H,5-11H2,1H3. The van der Waals surface area contributed by atoms with Crippen LogP contribution in [0.2, 0.25) is 5.02 Å². The highest BCUT2D eigenvalue weighted by atomic mass is 35.5. The summed E-state index contributed by atoms with van der Waals surface area (Å²) in [6.07, 6.45) is 2.68. The van der Waals surface area contributed by atoms with E-state index in [0.29, 0.717) is 65.1 Å². The zero-order valence-corrected chi connectivity index (χ0v) is 18.5. The van der Waals surface area contributed by atoms with Gasteiger partial charge < -0.3 is 13.8 Å². The minimum Gasteiger partial charge on any atom is -0.379 e. The molecule has 0 N–H and O–H groups in total. The molecule has 2 atom stereocenters. The number of benzene rings is 1. The van der Waals surface area contributed by atoms with Crippen molar-refractivity contribution in [2.24, 2.45) is 5.92 Å². The summed E-state index contributed by atoms with van der Waals surface area (Å²) in [5.74, 6) is 1.81. The monoisotopic (exact) mass is 454 g/mol. The number of imidazole rings is 1. The van der Waals surface area contributed by atoms with Gasteiger partial charge in [0.2, 0.25) is 11.7 Å². The van der Waals surface area contributed by atoms with Crippen molar-refractivity contribution in [2.75, 3.05) is 32.8 Å². The van der Waals surface area contributed by atoms with Gasteiger partial charge in [-0.25, -0.2) is 4.98 Å². The Morgan fingerprint density at radius 1 is 1.19 bits per heavy atom. The van der Waals surface area contributed by atoms with E-state index >= 15 is 0 Å². The van der Waals surface area contributed by atoms with Crippen LogP contribution in [0.25, 0.3) is 28.1 Å². The molecule has 0 radical (unpaired) electrons. The minimum absolute atomic E-state index is 0.169. The fraction of sp³-hybridized carbons (Fsp3) is 0.455. The maximum absolute atomic E-state index is 13.7. The van der Waals surface area contributed by atoms with Gasteiger partial charge in [0, 0.05) is 32.1 Å². The van der Waals surface area contributed by atoms with Crippen molar-refractivity contribution in [1.82, 2.24) is 29.0 Å². The van der Waals surface area contributed by atoms with Gasteiger partial charge in [-0.1, -0.05) is 29.7 Å². The maximum atomic E-state index is 13.7. The molecule has 2 fully saturated rings. The van der Waals surface area contributed by atoms with Crippen molar-refractivity contribution >= 4 is 28.2 Å². The van der Waals surface area contributed by atoms with E-state index in [1.54, 1.807) is 21.4 Å². The van der Waals surface area contributed by atoms with E-state index in [0.717, 1.165) is 31.6 Å². The third-order valence-corrected chi connectivity index (χ3v) is 6.84. The zero-order valence-electron chi connectivity index (χ0n) is 17.7. The number of hydrogen-bond donors (Lipinski definition) is 0. The van der Waals surface area contributed by atoms with Gasteiger partial charge in [0.05, 0.1) is 29.3 Å². The summed E-state index contributed by atoms with van der Waals surface area (Å²) in [6, 6.07) is 5.62. The largest absolute Gasteiger partial charge is 0.379 e. The molecule has 1 saturated heterocycles. The smallest absolute Gasteiger partial charge is 0.277 e. The SMILES string of the molecule is CC1CC1c1nc(-c2ncn3c2c(=O)n(CCN2CCOCC2)c2c(Cl)cccc23)no1. The van der Waals surface area contributed by atoms with Crippen LogP contribution in [0.3, 0.4) is 0 Å². The Labute approximate surface area is 188 Å². The van der Waals surface area contributed by atoms with Gasteiger partial charge in [-0.15, -0.1) is 0 Å². The number of ether oxygens (including phenoxy) is 1. The van der Waals surface area contributed by atoms with Crippen molar-refractivity contribution in [3.05, 3.63) is 45.8 Å². The molecule has 166 valence electrons. The lowest BCUT2D eigenvalue weighted by atomic mass is 10.2. The van der Waals surface area contributed by atoms with E-state index in [4.69, 9.17) is 20.9 Å². The Balaban J connectivity index is 1.49. The molecule has 0 bridgehead atoms. The molecule has 1 aliphatic carbocycles. The average Bonchev–Trinajstić information content (AvgIpc) is 3.18. The van der Waals surface area contributed by atoms with Gasteiger partial charge in [0.15, 0.2) is 0 Å². The number of halogens is 1. The molecule has 2 aliphatic rings. The van der Waals surface area contributed by atoms with Crippen LogP contribution in [0, 0.1) is 5.92 Å². The number of fused-ring (bicyclic) bond motifs is 3. The molecule has 6 rings (SSSR count). The summed E-state index contributed by atoms with van der Waals surface area (Å²) in [7, 11) is 0. The third-order valence-electron chi connectivity index (χ3n) is 6.53. The van der Waals surface area contributed by atoms with Gasteiger partial charge in [-0.2, -0.15) is 4.98 Å². The van der Waals surface area contributed by atoms with Crippen LogP contribution >= 0.6 is 11.6 Å². The van der Waals surface area contributed by atoms with Crippen molar-refractivity contribution < 1.29 is 9.26 Å². The van der Waals surface area contributed by atoms with E-state index in [1.807, 2.05) is 12.1 Å². The second-order valence-corrected chi connectivity index (χ2v) is 9.01. The van der Waals surface area contributed by atoms with Gasteiger partial charge in [-0.05, 0) is 24.5 Å². The molecule has 1 aromatic carbocycles. The first-order chi connectivity index (χ1) is 15.6. The Morgan fingerprint density at radius 3 is 2.78 bits per heavy atom. The van der Waals surface area contributed by atoms with Gasteiger partial charge >= 0.3 is 0 Å². The topological polar surface area (TPSA) is 90.7 Å². The summed E-state index contributed by atoms with van der Waals surface area (Å²) < 4.78 is 14.4. The summed E-state index contributed by atoms with van der Waals surface area (Å²) in [6.45, 7) is 6.53. The molecule has 3 aromatic heterocycles. The second-order valence-electron chi connectivity index (χ2n) is 8.61. The van der Waals surface area contributed by atoms with Crippen molar-refractivity contribution in [3.8, 4) is 11.5 Å². The lowest BCUT2D eigenvalue weighted by Gasteiger charge is -2.27. The Bertz CT molecular complexity index is 1370. The number of rotatable bonds is 5. The van der Waals surface area contributed by atoms with Crippen LogP contribution in [0.4, 0.5) is 0 Å². The lowest BCUT2D eigenvalue weighted by molar-refractivity contribution is 0.0364. The molecule has 1 saturated carbocycles. The third kappa shape index (κ3) is 3.23. The summed E-state index contributed by atoms with van der Waals surface area (Å²) in [5, 5.41) is 4.66.